The number of rotatable bonds is 7. The van der Waals surface area contributed by atoms with Gasteiger partial charge in [0.2, 0.25) is 0 Å². The number of Topliss-reactive ketones (excluding diaryl/α,β-unsaturated/α-hetero) is 1. The Hall–Kier alpha value is -3.88. The molecule has 9 heteroatoms. The second-order valence-corrected chi connectivity index (χ2v) is 7.08. The fraction of sp³-hybridized carbons (Fsp3) is 0.273. The van der Waals surface area contributed by atoms with Crippen molar-refractivity contribution in [3.05, 3.63) is 69.3 Å². The van der Waals surface area contributed by atoms with E-state index in [1.54, 1.807) is 6.07 Å². The van der Waals surface area contributed by atoms with Crippen LogP contribution >= 0.6 is 0 Å². The fourth-order valence-electron chi connectivity index (χ4n) is 3.55. The summed E-state index contributed by atoms with van der Waals surface area (Å²) in [6.07, 6.45) is 1.44. The van der Waals surface area contributed by atoms with Gasteiger partial charge in [0.15, 0.2) is 11.5 Å². The first kappa shape index (κ1) is 21.8. The predicted molar refractivity (Wildman–Crippen MR) is 112 cm³/mol. The number of hydrogen-bond donors (Lipinski definition) is 2. The van der Waals surface area contributed by atoms with E-state index in [9.17, 15) is 29.9 Å². The third-order valence-electron chi connectivity index (χ3n) is 5.16. The molecule has 9 nitrogen and oxygen atoms in total. The average Bonchev–Trinajstić information content (AvgIpc) is 3.02. The summed E-state index contributed by atoms with van der Waals surface area (Å²) >= 11 is 0. The Morgan fingerprint density at radius 1 is 1.19 bits per heavy atom. The lowest BCUT2D eigenvalue weighted by Gasteiger charge is -2.25. The smallest absolute Gasteiger partial charge is 0.295 e. The molecule has 1 amide bonds. The molecule has 0 bridgehead atoms. The van der Waals surface area contributed by atoms with E-state index < -0.39 is 28.4 Å². The molecular formula is C22H22N2O7. The summed E-state index contributed by atoms with van der Waals surface area (Å²) in [5.74, 6) is -1.96. The number of ketones is 1. The SMILES string of the molecule is CCCCN1C(=O)C(=O)/C(=C(/O)c2ccc([N+](=O)[O-])cc2)[C@H]1c1ccc(O)c(OC)c1. The number of nitro benzene ring substituents is 1. The highest BCUT2D eigenvalue weighted by Gasteiger charge is 2.46. The first-order valence-electron chi connectivity index (χ1n) is 9.70. The van der Waals surface area contributed by atoms with Crippen LogP contribution in [0, 0.1) is 10.1 Å². The zero-order chi connectivity index (χ0) is 22.7. The van der Waals surface area contributed by atoms with Crippen LogP contribution in [-0.4, -0.2) is 45.4 Å². The van der Waals surface area contributed by atoms with E-state index in [0.717, 1.165) is 6.42 Å². The van der Waals surface area contributed by atoms with E-state index in [1.165, 1.54) is 48.4 Å². The Labute approximate surface area is 178 Å². The second-order valence-electron chi connectivity index (χ2n) is 7.08. The van der Waals surface area contributed by atoms with Gasteiger partial charge in [-0.1, -0.05) is 19.4 Å². The number of aliphatic hydroxyl groups excluding tert-OH is 1. The number of phenolic OH excluding ortho intramolecular Hbond substituents is 1. The summed E-state index contributed by atoms with van der Waals surface area (Å²) in [7, 11) is 1.38. The highest BCUT2D eigenvalue weighted by atomic mass is 16.6. The van der Waals surface area contributed by atoms with Crippen LogP contribution in [-0.2, 0) is 9.59 Å². The number of benzene rings is 2. The average molecular weight is 426 g/mol. The molecular weight excluding hydrogens is 404 g/mol. The second kappa shape index (κ2) is 8.86. The summed E-state index contributed by atoms with van der Waals surface area (Å²) < 4.78 is 5.15. The number of unbranched alkanes of at least 4 members (excludes halogenated alkanes) is 1. The topological polar surface area (TPSA) is 130 Å². The minimum absolute atomic E-state index is 0.105. The van der Waals surface area contributed by atoms with E-state index in [4.69, 9.17) is 4.74 Å². The van der Waals surface area contributed by atoms with Gasteiger partial charge in [-0.15, -0.1) is 0 Å². The van der Waals surface area contributed by atoms with Crippen molar-refractivity contribution >= 4 is 23.1 Å². The molecule has 0 saturated carbocycles. The van der Waals surface area contributed by atoms with Gasteiger partial charge in [0, 0.05) is 24.2 Å². The van der Waals surface area contributed by atoms with Gasteiger partial charge in [-0.25, -0.2) is 0 Å². The molecule has 2 N–H and O–H groups in total. The normalized spacial score (nSPS) is 17.7. The van der Waals surface area contributed by atoms with Crippen molar-refractivity contribution < 1.29 is 29.5 Å². The van der Waals surface area contributed by atoms with Crippen LogP contribution in [0.15, 0.2) is 48.0 Å². The van der Waals surface area contributed by atoms with Gasteiger partial charge in [-0.2, -0.15) is 0 Å². The molecule has 0 aromatic heterocycles. The van der Waals surface area contributed by atoms with Crippen molar-refractivity contribution in [2.24, 2.45) is 0 Å². The monoisotopic (exact) mass is 426 g/mol. The van der Waals surface area contributed by atoms with Crippen LogP contribution in [0.25, 0.3) is 5.76 Å². The minimum Gasteiger partial charge on any atom is -0.507 e. The minimum atomic E-state index is -0.892. The van der Waals surface area contributed by atoms with Gasteiger partial charge in [-0.05, 0) is 36.2 Å². The number of phenols is 1. The van der Waals surface area contributed by atoms with Crippen LogP contribution in [0.3, 0.4) is 0 Å². The first-order valence-corrected chi connectivity index (χ1v) is 9.70. The van der Waals surface area contributed by atoms with Gasteiger partial charge < -0.3 is 19.8 Å². The molecule has 0 aliphatic carbocycles. The maximum absolute atomic E-state index is 12.9. The molecule has 3 rings (SSSR count). The van der Waals surface area contributed by atoms with Gasteiger partial charge in [0.1, 0.15) is 5.76 Å². The molecule has 1 aliphatic heterocycles. The summed E-state index contributed by atoms with van der Waals surface area (Å²) in [4.78, 5) is 37.3. The number of aromatic hydroxyl groups is 1. The van der Waals surface area contributed by atoms with Crippen LogP contribution < -0.4 is 4.74 Å². The molecule has 0 unspecified atom stereocenters. The standard InChI is InChI=1S/C22H22N2O7/c1-3-4-11-23-19(14-7-10-16(25)17(12-14)31-2)18(21(27)22(23)28)20(26)13-5-8-15(9-6-13)24(29)30/h5-10,12,19,25-26H,3-4,11H2,1-2H3/b20-18+/t19-/m1/s1. The van der Waals surface area contributed by atoms with Crippen molar-refractivity contribution in [3.8, 4) is 11.5 Å². The Bertz CT molecular complexity index is 1060. The lowest BCUT2D eigenvalue weighted by atomic mass is 9.95. The number of likely N-dealkylation sites (tertiary alicyclic amines) is 1. The molecule has 2 aromatic carbocycles. The van der Waals surface area contributed by atoms with Crippen molar-refractivity contribution in [1.29, 1.82) is 0 Å². The Morgan fingerprint density at radius 3 is 2.45 bits per heavy atom. The van der Waals surface area contributed by atoms with E-state index in [0.29, 0.717) is 18.5 Å². The third kappa shape index (κ3) is 4.07. The van der Waals surface area contributed by atoms with Gasteiger partial charge >= 0.3 is 0 Å². The first-order chi connectivity index (χ1) is 14.8. The quantitative estimate of drug-likeness (QED) is 0.228. The van der Waals surface area contributed by atoms with Crippen LogP contribution in [0.5, 0.6) is 11.5 Å². The number of carbonyl (C=O) groups excluding carboxylic acids is 2. The predicted octanol–water partition coefficient (Wildman–Crippen LogP) is 3.53. The number of carbonyl (C=O) groups is 2. The Morgan fingerprint density at radius 2 is 1.87 bits per heavy atom. The number of nitrogens with zero attached hydrogens (tertiary/aromatic N) is 2. The summed E-state index contributed by atoms with van der Waals surface area (Å²) in [5.41, 5.74) is 0.366. The van der Waals surface area contributed by atoms with Crippen LogP contribution in [0.4, 0.5) is 5.69 Å². The number of aliphatic hydroxyl groups is 1. The molecule has 0 spiro atoms. The number of ether oxygens (including phenoxy) is 1. The molecule has 2 aromatic rings. The van der Waals surface area contributed by atoms with E-state index in [1.807, 2.05) is 6.92 Å². The van der Waals surface area contributed by atoms with Crippen molar-refractivity contribution in [2.45, 2.75) is 25.8 Å². The highest BCUT2D eigenvalue weighted by molar-refractivity contribution is 6.46. The Balaban J connectivity index is 2.17. The fourth-order valence-corrected chi connectivity index (χ4v) is 3.55. The number of nitro groups is 1. The van der Waals surface area contributed by atoms with Gasteiger partial charge in [0.25, 0.3) is 17.4 Å². The highest BCUT2D eigenvalue weighted by Crippen LogP contribution is 2.41. The Kier molecular flexibility index (Phi) is 6.24. The number of amides is 1. The molecule has 162 valence electrons. The molecule has 31 heavy (non-hydrogen) atoms. The zero-order valence-electron chi connectivity index (χ0n) is 17.1. The number of non-ortho nitro benzene ring substituents is 1. The third-order valence-corrected chi connectivity index (χ3v) is 5.16. The molecule has 0 radical (unpaired) electrons. The maximum Gasteiger partial charge on any atom is 0.295 e. The summed E-state index contributed by atoms with van der Waals surface area (Å²) in [6.45, 7) is 2.25. The van der Waals surface area contributed by atoms with E-state index >= 15 is 0 Å². The van der Waals surface area contributed by atoms with Gasteiger partial charge in [0.05, 0.1) is 23.6 Å². The number of methoxy groups -OCH3 is 1. The summed E-state index contributed by atoms with van der Waals surface area (Å²) in [6, 6.07) is 8.62. The lowest BCUT2D eigenvalue weighted by molar-refractivity contribution is -0.384. The zero-order valence-corrected chi connectivity index (χ0v) is 17.1. The molecule has 1 heterocycles. The molecule has 1 fully saturated rings. The molecule has 1 aliphatic rings. The largest absolute Gasteiger partial charge is 0.507 e. The van der Waals surface area contributed by atoms with E-state index in [-0.39, 0.29) is 28.3 Å². The van der Waals surface area contributed by atoms with Crippen LogP contribution in [0.1, 0.15) is 36.9 Å². The van der Waals surface area contributed by atoms with Crippen molar-refractivity contribution in [2.75, 3.05) is 13.7 Å². The van der Waals surface area contributed by atoms with Crippen molar-refractivity contribution in [3.63, 3.8) is 0 Å². The van der Waals surface area contributed by atoms with Crippen molar-refractivity contribution in [1.82, 2.24) is 4.90 Å². The molecule has 1 atom stereocenters. The molecule has 1 saturated heterocycles. The number of hydrogen-bond acceptors (Lipinski definition) is 7. The summed E-state index contributed by atoms with van der Waals surface area (Å²) in [5, 5.41) is 31.7. The van der Waals surface area contributed by atoms with E-state index in [2.05, 4.69) is 0 Å². The lowest BCUT2D eigenvalue weighted by Crippen LogP contribution is -2.30. The van der Waals surface area contributed by atoms with Gasteiger partial charge in [-0.3, -0.25) is 19.7 Å². The van der Waals surface area contributed by atoms with Crippen LogP contribution in [0.2, 0.25) is 0 Å². The maximum atomic E-state index is 12.9.